The molecule has 0 amide bonds. The number of allylic oxidation sites excluding steroid dienone is 1. The van der Waals surface area contributed by atoms with E-state index >= 15 is 0 Å². The number of carbonyl (C=O) groups excluding carboxylic acids is 3. The Labute approximate surface area is 268 Å². The molecule has 1 aliphatic heterocycles. The molecule has 1 saturated carbocycles. The molecule has 3 aromatic rings. The number of rotatable bonds is 12. The van der Waals surface area contributed by atoms with Gasteiger partial charge in [-0.15, -0.1) is 0 Å². The number of hydrogen-bond acceptors (Lipinski definition) is 9. The molecule has 9 heteroatoms. The number of hydrogen-bond donors (Lipinski definition) is 3. The summed E-state index contributed by atoms with van der Waals surface area (Å²) in [5.74, 6) is -1.74. The standard InChI is InChI=1S/C37H40N2O7/c1-24(13-14-25-15-18-39-31(38)19-25)27(22-40)21-36-32(42)28-11-5-6-12-29(28)33(43)37(36,46-36)34(44)45-23-30(41)35(16-7-8-17-35)20-26-9-3-2-4-10-26/h2-6,9-12,15,18-19,30,40-41H,7-8,13-14,16-17,20-23H2,1H3,(H2,38,39). The van der Waals surface area contributed by atoms with Crippen LogP contribution < -0.4 is 5.73 Å². The molecule has 3 aliphatic rings. The second-order valence-electron chi connectivity index (χ2n) is 13.0. The number of carbonyl (C=O) groups is 3. The number of esters is 1. The van der Waals surface area contributed by atoms with Crippen LogP contribution in [0.2, 0.25) is 0 Å². The maximum atomic E-state index is 14.1. The average molecular weight is 625 g/mol. The van der Waals surface area contributed by atoms with Gasteiger partial charge >= 0.3 is 5.97 Å². The van der Waals surface area contributed by atoms with Gasteiger partial charge in [-0.3, -0.25) is 9.59 Å². The summed E-state index contributed by atoms with van der Waals surface area (Å²) in [6.45, 7) is 1.14. The number of Topliss-reactive ketones (excluding diaryl/α,β-unsaturated/α-hetero) is 2. The van der Waals surface area contributed by atoms with Crippen molar-refractivity contribution >= 4 is 23.4 Å². The number of anilines is 1. The van der Waals surface area contributed by atoms with E-state index in [4.69, 9.17) is 15.2 Å². The summed E-state index contributed by atoms with van der Waals surface area (Å²) in [5.41, 5.74) is 4.94. The summed E-state index contributed by atoms with van der Waals surface area (Å²) in [6, 6.07) is 19.9. The minimum absolute atomic E-state index is 0.0935. The summed E-state index contributed by atoms with van der Waals surface area (Å²) in [6.07, 6.45) is 5.79. The number of nitrogens with two attached hydrogens (primary N) is 1. The molecule has 2 aromatic carbocycles. The molecule has 9 nitrogen and oxygen atoms in total. The SMILES string of the molecule is CC(CCc1ccnc(N)c1)=C(CO)CC12OC1(C(=O)OCC(O)C1(Cc3ccccc3)CCCC1)C(=O)c1ccccc1C2=O. The number of aliphatic hydroxyl groups is 2. The van der Waals surface area contributed by atoms with Gasteiger partial charge in [-0.25, -0.2) is 9.78 Å². The van der Waals surface area contributed by atoms with Gasteiger partial charge in [-0.2, -0.15) is 0 Å². The van der Waals surface area contributed by atoms with Crippen molar-refractivity contribution in [3.63, 3.8) is 0 Å². The molecule has 4 N–H and O–H groups in total. The molecule has 0 radical (unpaired) electrons. The Morgan fingerprint density at radius 2 is 1.67 bits per heavy atom. The number of aliphatic hydroxyl groups excluding tert-OH is 2. The van der Waals surface area contributed by atoms with Crippen molar-refractivity contribution in [2.75, 3.05) is 18.9 Å². The van der Waals surface area contributed by atoms with E-state index < -0.39 is 40.3 Å². The van der Waals surface area contributed by atoms with Crippen LogP contribution in [0.3, 0.4) is 0 Å². The van der Waals surface area contributed by atoms with Crippen LogP contribution in [0.5, 0.6) is 0 Å². The lowest BCUT2D eigenvalue weighted by Gasteiger charge is -2.34. The highest BCUT2D eigenvalue weighted by molar-refractivity contribution is 6.32. The molecule has 3 atom stereocenters. The number of nitrogen functional groups attached to an aromatic ring is 1. The Bertz CT molecular complexity index is 1680. The Balaban J connectivity index is 1.26. The highest BCUT2D eigenvalue weighted by Crippen LogP contribution is 2.59. The zero-order valence-electron chi connectivity index (χ0n) is 26.0. The molecule has 1 saturated heterocycles. The van der Waals surface area contributed by atoms with Crippen LogP contribution in [-0.4, -0.2) is 63.3 Å². The van der Waals surface area contributed by atoms with Crippen molar-refractivity contribution in [1.82, 2.24) is 4.98 Å². The van der Waals surface area contributed by atoms with Gasteiger partial charge in [-0.05, 0) is 67.9 Å². The van der Waals surface area contributed by atoms with Crippen molar-refractivity contribution in [3.8, 4) is 0 Å². The molecule has 0 bridgehead atoms. The lowest BCUT2D eigenvalue weighted by Crippen LogP contribution is -2.51. The first kappa shape index (κ1) is 31.8. The van der Waals surface area contributed by atoms with Gasteiger partial charge in [0.25, 0.3) is 5.60 Å². The number of fused-ring (bicyclic) bond motifs is 2. The van der Waals surface area contributed by atoms with Crippen LogP contribution >= 0.6 is 0 Å². The van der Waals surface area contributed by atoms with Crippen molar-refractivity contribution < 1.29 is 34.1 Å². The first-order valence-electron chi connectivity index (χ1n) is 15.9. The second-order valence-corrected chi connectivity index (χ2v) is 13.0. The number of epoxide rings is 1. The molecule has 3 unspecified atom stereocenters. The van der Waals surface area contributed by atoms with E-state index in [1.54, 1.807) is 30.5 Å². The molecule has 2 heterocycles. The van der Waals surface area contributed by atoms with Crippen LogP contribution in [-0.2, 0) is 27.1 Å². The van der Waals surface area contributed by atoms with Crippen molar-refractivity contribution in [3.05, 3.63) is 106 Å². The highest BCUT2D eigenvalue weighted by atomic mass is 16.7. The summed E-state index contributed by atoms with van der Waals surface area (Å²) >= 11 is 0. The van der Waals surface area contributed by atoms with Crippen molar-refractivity contribution in [2.45, 2.75) is 75.6 Å². The molecule has 46 heavy (non-hydrogen) atoms. The number of ether oxygens (including phenoxy) is 2. The van der Waals surface area contributed by atoms with E-state index in [1.807, 2.05) is 43.3 Å². The maximum Gasteiger partial charge on any atom is 0.350 e. The summed E-state index contributed by atoms with van der Waals surface area (Å²) in [5, 5.41) is 21.9. The van der Waals surface area contributed by atoms with Gasteiger partial charge in [0.05, 0.1) is 12.7 Å². The number of nitrogens with zero attached hydrogens (tertiary/aromatic N) is 1. The Kier molecular flexibility index (Phi) is 8.67. The Morgan fingerprint density at radius 3 is 2.35 bits per heavy atom. The third-order valence-corrected chi connectivity index (χ3v) is 10.2. The van der Waals surface area contributed by atoms with E-state index in [0.717, 1.165) is 42.4 Å². The lowest BCUT2D eigenvalue weighted by atomic mass is 9.71. The van der Waals surface area contributed by atoms with Gasteiger partial charge in [-0.1, -0.05) is 73.0 Å². The molecular formula is C37H40N2O7. The number of benzene rings is 2. The Morgan fingerprint density at radius 1 is 1.00 bits per heavy atom. The van der Waals surface area contributed by atoms with Gasteiger partial charge in [0, 0.05) is 29.2 Å². The molecule has 0 spiro atoms. The third kappa shape index (κ3) is 5.46. The minimum atomic E-state index is -2.19. The summed E-state index contributed by atoms with van der Waals surface area (Å²) < 4.78 is 11.8. The van der Waals surface area contributed by atoms with E-state index in [9.17, 15) is 24.6 Å². The zero-order chi connectivity index (χ0) is 32.5. The predicted octanol–water partition coefficient (Wildman–Crippen LogP) is 4.59. The number of aryl methyl sites for hydroxylation is 1. The normalized spacial score (nSPS) is 24.1. The number of ketones is 2. The quantitative estimate of drug-likeness (QED) is 0.114. The van der Waals surface area contributed by atoms with Crippen LogP contribution in [0.1, 0.15) is 77.3 Å². The fraction of sp³-hybridized carbons (Fsp3) is 0.405. The third-order valence-electron chi connectivity index (χ3n) is 10.2. The predicted molar refractivity (Wildman–Crippen MR) is 171 cm³/mol. The fourth-order valence-electron chi connectivity index (χ4n) is 7.44. The van der Waals surface area contributed by atoms with Crippen molar-refractivity contribution in [2.24, 2.45) is 5.41 Å². The second kappa shape index (κ2) is 12.5. The summed E-state index contributed by atoms with van der Waals surface area (Å²) in [7, 11) is 0. The number of aromatic nitrogens is 1. The monoisotopic (exact) mass is 624 g/mol. The number of pyridine rings is 1. The topological polar surface area (TPSA) is 152 Å². The van der Waals surface area contributed by atoms with E-state index in [2.05, 4.69) is 4.98 Å². The van der Waals surface area contributed by atoms with Crippen molar-refractivity contribution in [1.29, 1.82) is 0 Å². The Hall–Kier alpha value is -4.18. The molecular weight excluding hydrogens is 584 g/mol. The van der Waals surface area contributed by atoms with Crippen LogP contribution in [0.15, 0.2) is 84.1 Å². The molecule has 6 rings (SSSR count). The van der Waals surface area contributed by atoms with E-state index in [-0.39, 0.29) is 30.8 Å². The zero-order valence-corrected chi connectivity index (χ0v) is 26.0. The van der Waals surface area contributed by atoms with Gasteiger partial charge < -0.3 is 25.4 Å². The first-order chi connectivity index (χ1) is 22.2. The molecule has 240 valence electrons. The van der Waals surface area contributed by atoms with Gasteiger partial charge in [0.1, 0.15) is 12.4 Å². The smallest absolute Gasteiger partial charge is 0.350 e. The first-order valence-corrected chi connectivity index (χ1v) is 15.9. The van der Waals surface area contributed by atoms with Gasteiger partial charge in [0.15, 0.2) is 11.4 Å². The molecule has 2 fully saturated rings. The van der Waals surface area contributed by atoms with Crippen LogP contribution in [0.25, 0.3) is 0 Å². The van der Waals surface area contributed by atoms with E-state index in [0.29, 0.717) is 30.7 Å². The molecule has 2 aliphatic carbocycles. The fourth-order valence-corrected chi connectivity index (χ4v) is 7.44. The summed E-state index contributed by atoms with van der Waals surface area (Å²) in [4.78, 5) is 46.1. The van der Waals surface area contributed by atoms with Crippen LogP contribution in [0.4, 0.5) is 5.82 Å². The van der Waals surface area contributed by atoms with Crippen LogP contribution in [0, 0.1) is 5.41 Å². The van der Waals surface area contributed by atoms with Gasteiger partial charge in [0.2, 0.25) is 5.78 Å². The lowest BCUT2D eigenvalue weighted by molar-refractivity contribution is -0.154. The minimum Gasteiger partial charge on any atom is -0.460 e. The largest absolute Gasteiger partial charge is 0.460 e. The maximum absolute atomic E-state index is 14.1. The average Bonchev–Trinajstić information content (AvgIpc) is 3.55. The highest BCUT2D eigenvalue weighted by Gasteiger charge is 2.85. The van der Waals surface area contributed by atoms with E-state index in [1.165, 1.54) is 6.07 Å². The molecule has 1 aromatic heterocycles.